The van der Waals surface area contributed by atoms with Crippen LogP contribution in [0.15, 0.2) is 30.3 Å². The van der Waals surface area contributed by atoms with Crippen molar-refractivity contribution < 1.29 is 32.1 Å². The predicted octanol–water partition coefficient (Wildman–Crippen LogP) is 3.08. The third-order valence-electron chi connectivity index (χ3n) is 3.42. The zero-order chi connectivity index (χ0) is 18.9. The maximum absolute atomic E-state index is 14.0. The topological polar surface area (TPSA) is 78.9 Å². The van der Waals surface area contributed by atoms with Gasteiger partial charge in [-0.05, 0) is 5.56 Å². The molecule has 1 unspecified atom stereocenters. The molecule has 0 radical (unpaired) electrons. The second kappa shape index (κ2) is 9.92. The number of carbonyl (C=O) groups excluding carboxylic acids is 3. The molecule has 0 N–H and O–H groups in total. The molecule has 0 amide bonds. The third kappa shape index (κ3) is 5.66. The van der Waals surface area contributed by atoms with Crippen LogP contribution in [-0.4, -0.2) is 33.4 Å². The summed E-state index contributed by atoms with van der Waals surface area (Å²) in [6.45, 7) is 3.61. The largest absolute Gasteiger partial charge is 0.715 e. The van der Waals surface area contributed by atoms with E-state index in [1.54, 1.807) is 30.3 Å². The van der Waals surface area contributed by atoms with Crippen LogP contribution >= 0.6 is 0 Å². The Morgan fingerprint density at radius 2 is 1.28 bits per heavy atom. The van der Waals surface area contributed by atoms with Gasteiger partial charge in [-0.25, -0.2) is 0 Å². The molecule has 25 heavy (non-hydrogen) atoms. The van der Waals surface area contributed by atoms with E-state index in [0.717, 1.165) is 0 Å². The van der Waals surface area contributed by atoms with Crippen LogP contribution in [0.4, 0.5) is 4.39 Å². The van der Waals surface area contributed by atoms with Crippen molar-refractivity contribution in [3.63, 3.8) is 0 Å². The van der Waals surface area contributed by atoms with Gasteiger partial charge in [0.25, 0.3) is 17.9 Å². The monoisotopic (exact) mass is 370 g/mol. The van der Waals surface area contributed by atoms with E-state index in [2.05, 4.69) is 0 Å². The van der Waals surface area contributed by atoms with Crippen molar-refractivity contribution in [1.29, 1.82) is 0 Å². The second-order valence-electron chi connectivity index (χ2n) is 5.20. The number of alkyl halides is 1. The average Bonchev–Trinajstić information content (AvgIpc) is 2.62. The molecular formula is C17H23FO6Si. The fraction of sp³-hybridized carbons (Fsp3) is 0.471. The number of benzene rings is 1. The fourth-order valence-corrected chi connectivity index (χ4v) is 4.77. The Balaban J connectivity index is 3.43. The highest BCUT2D eigenvalue weighted by atomic mass is 28.4. The summed E-state index contributed by atoms with van der Waals surface area (Å²) >= 11 is 0. The van der Waals surface area contributed by atoms with Gasteiger partial charge in [-0.3, -0.25) is 18.8 Å². The molecule has 0 aromatic heterocycles. The molecule has 1 rings (SSSR count). The summed E-state index contributed by atoms with van der Waals surface area (Å²) in [4.78, 5) is 35.8. The van der Waals surface area contributed by atoms with Gasteiger partial charge in [0.2, 0.25) is 0 Å². The zero-order valence-electron chi connectivity index (χ0n) is 14.6. The molecule has 0 fully saturated rings. The summed E-state index contributed by atoms with van der Waals surface area (Å²) in [5.41, 5.74) is -0.747. The summed E-state index contributed by atoms with van der Waals surface area (Å²) in [7, 11) is -4.34. The lowest BCUT2D eigenvalue weighted by Crippen LogP contribution is -2.56. The number of carbonyl (C=O) groups is 3. The first-order valence-corrected chi connectivity index (χ1v) is 9.98. The minimum absolute atomic E-state index is 0.0318. The molecule has 0 aliphatic carbocycles. The molecule has 6 nitrogen and oxygen atoms in total. The van der Waals surface area contributed by atoms with Gasteiger partial charge in [-0.1, -0.05) is 51.1 Å². The van der Waals surface area contributed by atoms with Crippen molar-refractivity contribution in [2.24, 2.45) is 0 Å². The highest BCUT2D eigenvalue weighted by Crippen LogP contribution is 2.32. The van der Waals surface area contributed by atoms with Gasteiger partial charge >= 0.3 is 8.80 Å². The smallest absolute Gasteiger partial charge is 0.455 e. The molecule has 0 aliphatic rings. The number of rotatable bonds is 9. The quantitative estimate of drug-likeness (QED) is 0.622. The molecule has 1 aromatic carbocycles. The van der Waals surface area contributed by atoms with Crippen LogP contribution in [0.2, 0.25) is 0 Å². The lowest BCUT2D eigenvalue weighted by Gasteiger charge is -2.32. The van der Waals surface area contributed by atoms with Crippen molar-refractivity contribution >= 4 is 26.7 Å². The number of hydrogen-bond acceptors (Lipinski definition) is 6. The van der Waals surface area contributed by atoms with Gasteiger partial charge in [0, 0.05) is 19.3 Å². The molecule has 138 valence electrons. The summed E-state index contributed by atoms with van der Waals surface area (Å²) in [5, 5.41) is 0. The first-order chi connectivity index (χ1) is 11.9. The molecule has 0 saturated carbocycles. The van der Waals surface area contributed by atoms with Crippen LogP contribution in [0.5, 0.6) is 0 Å². The molecule has 1 aromatic rings. The first-order valence-electron chi connectivity index (χ1n) is 8.18. The van der Waals surface area contributed by atoms with Gasteiger partial charge in [-0.2, -0.15) is 0 Å². The molecule has 0 aliphatic heterocycles. The molecular weight excluding hydrogens is 347 g/mol. The van der Waals surface area contributed by atoms with Gasteiger partial charge in [0.05, 0.1) is 0 Å². The Morgan fingerprint density at radius 3 is 1.60 bits per heavy atom. The average molecular weight is 370 g/mol. The third-order valence-corrected chi connectivity index (χ3v) is 6.30. The minimum atomic E-state index is -4.34. The Morgan fingerprint density at radius 1 is 0.880 bits per heavy atom. The van der Waals surface area contributed by atoms with E-state index in [-0.39, 0.29) is 19.3 Å². The summed E-state index contributed by atoms with van der Waals surface area (Å²) in [5.74, 6) is -2.18. The molecule has 0 bridgehead atoms. The Kier molecular flexibility index (Phi) is 8.27. The standard InChI is InChI=1S/C17H23FO6Si/c1-4-15(19)22-25(23-16(20)5-2,24-17(21)6-3)14(12-18)13-10-8-7-9-11-13/h7-11,14H,4-6,12H2,1-3H3. The predicted molar refractivity (Wildman–Crippen MR) is 90.1 cm³/mol. The first kappa shape index (κ1) is 20.8. The lowest BCUT2D eigenvalue weighted by atomic mass is 10.2. The maximum atomic E-state index is 14.0. The van der Waals surface area contributed by atoms with E-state index in [1.807, 2.05) is 0 Å². The van der Waals surface area contributed by atoms with E-state index in [9.17, 15) is 18.8 Å². The van der Waals surface area contributed by atoms with Crippen LogP contribution in [0.25, 0.3) is 0 Å². The lowest BCUT2D eigenvalue weighted by molar-refractivity contribution is -0.151. The van der Waals surface area contributed by atoms with E-state index in [1.165, 1.54) is 20.8 Å². The van der Waals surface area contributed by atoms with Crippen LogP contribution < -0.4 is 0 Å². The van der Waals surface area contributed by atoms with Crippen LogP contribution in [0, 0.1) is 0 Å². The summed E-state index contributed by atoms with van der Waals surface area (Å²) in [6.07, 6.45) is -0.0955. The Bertz CT molecular complexity index is 547. The Hall–Kier alpha value is -2.22. The maximum Gasteiger partial charge on any atom is 0.715 e. The molecule has 0 heterocycles. The fourth-order valence-electron chi connectivity index (χ4n) is 2.04. The van der Waals surface area contributed by atoms with Crippen molar-refractivity contribution in [3.05, 3.63) is 35.9 Å². The van der Waals surface area contributed by atoms with Gasteiger partial charge in [0.15, 0.2) is 0 Å². The highest BCUT2D eigenvalue weighted by molar-refractivity contribution is 6.67. The van der Waals surface area contributed by atoms with Crippen LogP contribution in [0.3, 0.4) is 0 Å². The van der Waals surface area contributed by atoms with Crippen molar-refractivity contribution in [2.45, 2.75) is 45.6 Å². The molecule has 8 heteroatoms. The summed E-state index contributed by atoms with van der Waals surface area (Å²) < 4.78 is 29.9. The normalized spacial score (nSPS) is 12.2. The van der Waals surface area contributed by atoms with Gasteiger partial charge < -0.3 is 13.3 Å². The van der Waals surface area contributed by atoms with Crippen molar-refractivity contribution in [3.8, 4) is 0 Å². The molecule has 0 saturated heterocycles. The Labute approximate surface area is 147 Å². The number of hydrogen-bond donors (Lipinski definition) is 0. The zero-order valence-corrected chi connectivity index (χ0v) is 15.6. The second-order valence-corrected chi connectivity index (χ2v) is 7.72. The highest BCUT2D eigenvalue weighted by Gasteiger charge is 2.60. The van der Waals surface area contributed by atoms with Crippen molar-refractivity contribution in [1.82, 2.24) is 0 Å². The van der Waals surface area contributed by atoms with E-state index >= 15 is 0 Å². The SMILES string of the molecule is CCC(=O)O[Si](OC(=O)CC)(OC(=O)CC)C(CF)c1ccccc1. The summed E-state index contributed by atoms with van der Waals surface area (Å²) in [6, 6.07) is 8.27. The van der Waals surface area contributed by atoms with E-state index in [4.69, 9.17) is 13.3 Å². The van der Waals surface area contributed by atoms with E-state index in [0.29, 0.717) is 5.56 Å². The van der Waals surface area contributed by atoms with Crippen molar-refractivity contribution in [2.75, 3.05) is 6.67 Å². The van der Waals surface area contributed by atoms with E-state index < -0.39 is 38.9 Å². The van der Waals surface area contributed by atoms with Gasteiger partial charge in [-0.15, -0.1) is 0 Å². The van der Waals surface area contributed by atoms with Gasteiger partial charge in [0.1, 0.15) is 12.2 Å². The molecule has 0 spiro atoms. The molecule has 1 atom stereocenters. The minimum Gasteiger partial charge on any atom is -0.455 e. The number of halogens is 1. The van der Waals surface area contributed by atoms with Crippen LogP contribution in [0.1, 0.15) is 51.1 Å². The van der Waals surface area contributed by atoms with Crippen LogP contribution in [-0.2, 0) is 27.7 Å².